The molecule has 1 atom stereocenters. The predicted molar refractivity (Wildman–Crippen MR) is 55.3 cm³/mol. The molecule has 0 spiro atoms. The van der Waals surface area contributed by atoms with Gasteiger partial charge in [0, 0.05) is 10.7 Å². The molecular formula is C7HClF11N3O3S. The monoisotopic (exact) mass is 451 g/mol. The molecule has 1 rings (SSSR count). The molecular weight excluding hydrogens is 451 g/mol. The normalized spacial score (nSPS) is 17.2. The average Bonchev–Trinajstić information content (AvgIpc) is 2.84. The van der Waals surface area contributed by atoms with Crippen molar-refractivity contribution in [2.24, 2.45) is 0 Å². The number of nitrogens with one attached hydrogen (secondary N) is 1. The number of ether oxygens (including phenoxy) is 1. The van der Waals surface area contributed by atoms with Crippen molar-refractivity contribution in [1.82, 2.24) is 15.2 Å². The highest BCUT2D eigenvalue weighted by molar-refractivity contribution is 8.13. The summed E-state index contributed by atoms with van der Waals surface area (Å²) in [5.74, 6) is -16.1. The van der Waals surface area contributed by atoms with Crippen LogP contribution in [0.5, 0.6) is 0 Å². The number of aromatic nitrogens is 3. The Balaban J connectivity index is 3.51. The Hall–Kier alpha value is -1.43. The second-order valence-electron chi connectivity index (χ2n) is 4.20. The lowest BCUT2D eigenvalue weighted by Crippen LogP contribution is -2.58. The third kappa shape index (κ3) is 3.80. The SMILES string of the molecule is O=S(=O)(Cl)c1nnc(C(F)(OC(F)(F)C(F)(F)C(F)(F)F)C(F)(F)F)[nH]1. The molecule has 0 aliphatic heterocycles. The lowest BCUT2D eigenvalue weighted by molar-refractivity contribution is -0.489. The smallest absolute Gasteiger partial charge is 0.310 e. The van der Waals surface area contributed by atoms with Crippen LogP contribution in [0.1, 0.15) is 5.82 Å². The predicted octanol–water partition coefficient (Wildman–Crippen LogP) is 3.22. The molecule has 1 heterocycles. The van der Waals surface area contributed by atoms with Crippen LogP contribution in [0.25, 0.3) is 0 Å². The molecule has 0 radical (unpaired) electrons. The maximum absolute atomic E-state index is 13.9. The number of nitrogens with zero attached hydrogens (tertiary/aromatic N) is 2. The third-order valence-electron chi connectivity index (χ3n) is 2.36. The van der Waals surface area contributed by atoms with Crippen LogP contribution >= 0.6 is 10.7 Å². The minimum absolute atomic E-state index is 0.791. The van der Waals surface area contributed by atoms with E-state index in [0.717, 1.165) is 4.98 Å². The van der Waals surface area contributed by atoms with Crippen molar-refractivity contribution >= 4 is 19.7 Å². The summed E-state index contributed by atoms with van der Waals surface area (Å²) in [5, 5.41) is 2.64. The van der Waals surface area contributed by atoms with Crippen molar-refractivity contribution in [3.63, 3.8) is 0 Å². The summed E-state index contributed by atoms with van der Waals surface area (Å²) in [5.41, 5.74) is 0. The van der Waals surface area contributed by atoms with Crippen molar-refractivity contribution < 1.29 is 61.4 Å². The minimum atomic E-state index is -7.27. The number of alkyl halides is 11. The zero-order valence-electron chi connectivity index (χ0n) is 11.1. The van der Waals surface area contributed by atoms with Gasteiger partial charge < -0.3 is 4.98 Å². The highest BCUT2D eigenvalue weighted by Gasteiger charge is 2.79. The molecule has 0 bridgehead atoms. The highest BCUT2D eigenvalue weighted by Crippen LogP contribution is 2.53. The summed E-state index contributed by atoms with van der Waals surface area (Å²) in [4.78, 5) is 0.791. The Bertz CT molecular complexity index is 773. The standard InChI is InChI=1S/C7HClF11N3O3S/c8-26(23,24)2-20-1(21-22-2)3(9,5(12,13)14)25-7(18,19)4(10,11)6(15,16)17/h(H,20,21,22). The summed E-state index contributed by atoms with van der Waals surface area (Å²) in [6, 6.07) is 0. The fourth-order valence-corrected chi connectivity index (χ4v) is 1.71. The molecule has 0 saturated carbocycles. The first-order valence-corrected chi connectivity index (χ1v) is 7.64. The van der Waals surface area contributed by atoms with Crippen LogP contribution < -0.4 is 0 Å². The highest BCUT2D eigenvalue weighted by atomic mass is 35.7. The van der Waals surface area contributed by atoms with Gasteiger partial charge in [-0.1, -0.05) is 0 Å². The maximum Gasteiger partial charge on any atom is 0.462 e. The molecule has 26 heavy (non-hydrogen) atoms. The van der Waals surface area contributed by atoms with Crippen molar-refractivity contribution in [3.8, 4) is 0 Å². The zero-order chi connectivity index (χ0) is 21.0. The van der Waals surface area contributed by atoms with E-state index in [1.807, 2.05) is 0 Å². The summed E-state index contributed by atoms with van der Waals surface area (Å²) in [6.45, 7) is 0. The minimum Gasteiger partial charge on any atom is -0.310 e. The van der Waals surface area contributed by atoms with Crippen LogP contribution in [0.2, 0.25) is 0 Å². The van der Waals surface area contributed by atoms with Gasteiger partial charge in [0.1, 0.15) is 0 Å². The Morgan fingerprint density at radius 3 is 1.62 bits per heavy atom. The van der Waals surface area contributed by atoms with E-state index in [2.05, 4.69) is 25.6 Å². The van der Waals surface area contributed by atoms with Crippen LogP contribution in [0.15, 0.2) is 5.16 Å². The third-order valence-corrected chi connectivity index (χ3v) is 3.44. The average molecular weight is 452 g/mol. The van der Waals surface area contributed by atoms with Crippen molar-refractivity contribution in [1.29, 1.82) is 0 Å². The number of rotatable bonds is 5. The first-order valence-electron chi connectivity index (χ1n) is 5.33. The fraction of sp³-hybridized carbons (Fsp3) is 0.714. The molecule has 1 aromatic rings. The largest absolute Gasteiger partial charge is 0.462 e. The van der Waals surface area contributed by atoms with Gasteiger partial charge in [0.25, 0.3) is 14.2 Å². The summed E-state index contributed by atoms with van der Waals surface area (Å²) in [6.07, 6.45) is -21.0. The maximum atomic E-state index is 13.9. The van der Waals surface area contributed by atoms with Crippen molar-refractivity contribution in [2.45, 2.75) is 35.4 Å². The van der Waals surface area contributed by atoms with Crippen LogP contribution in [0.4, 0.5) is 48.3 Å². The zero-order valence-corrected chi connectivity index (χ0v) is 12.6. The van der Waals surface area contributed by atoms with Crippen molar-refractivity contribution in [3.05, 3.63) is 5.82 Å². The van der Waals surface area contributed by atoms with Gasteiger partial charge in [0.15, 0.2) is 0 Å². The second-order valence-corrected chi connectivity index (χ2v) is 6.68. The molecule has 1 N–H and O–H groups in total. The topological polar surface area (TPSA) is 84.9 Å². The first-order chi connectivity index (χ1) is 11.2. The summed E-state index contributed by atoms with van der Waals surface area (Å²) < 4.78 is 163. The summed E-state index contributed by atoms with van der Waals surface area (Å²) in [7, 11) is -0.466. The second kappa shape index (κ2) is 6.04. The molecule has 6 nitrogen and oxygen atoms in total. The molecule has 19 heteroatoms. The van der Waals surface area contributed by atoms with Gasteiger partial charge in [-0.25, -0.2) is 8.42 Å². The van der Waals surface area contributed by atoms with Gasteiger partial charge >= 0.3 is 30.2 Å². The van der Waals surface area contributed by atoms with E-state index < -0.39 is 50.3 Å². The van der Waals surface area contributed by atoms with Gasteiger partial charge in [0.05, 0.1) is 0 Å². The van der Waals surface area contributed by atoms with E-state index in [1.54, 1.807) is 0 Å². The van der Waals surface area contributed by atoms with Crippen LogP contribution in [-0.4, -0.2) is 48.0 Å². The number of hydrogen-bond acceptors (Lipinski definition) is 5. The molecule has 0 amide bonds. The Kier molecular flexibility index (Phi) is 5.26. The Morgan fingerprint density at radius 1 is 0.846 bits per heavy atom. The Morgan fingerprint density at radius 2 is 1.31 bits per heavy atom. The molecule has 0 aliphatic carbocycles. The van der Waals surface area contributed by atoms with Gasteiger partial charge in [-0.3, -0.25) is 4.74 Å². The molecule has 152 valence electrons. The van der Waals surface area contributed by atoms with Gasteiger partial charge in [-0.2, -0.15) is 48.3 Å². The van der Waals surface area contributed by atoms with Crippen molar-refractivity contribution in [2.75, 3.05) is 0 Å². The fourth-order valence-electron chi connectivity index (χ4n) is 1.15. The lowest BCUT2D eigenvalue weighted by atomic mass is 10.2. The van der Waals surface area contributed by atoms with Crippen LogP contribution in [-0.2, 0) is 19.6 Å². The van der Waals surface area contributed by atoms with Gasteiger partial charge in [-0.05, 0) is 0 Å². The quantitative estimate of drug-likeness (QED) is 0.549. The number of hydrogen-bond donors (Lipinski definition) is 1. The molecule has 1 aromatic heterocycles. The van der Waals surface area contributed by atoms with Gasteiger partial charge in [0.2, 0.25) is 5.82 Å². The van der Waals surface area contributed by atoms with Crippen LogP contribution in [0, 0.1) is 0 Å². The lowest BCUT2D eigenvalue weighted by Gasteiger charge is -2.33. The number of halogens is 12. The summed E-state index contributed by atoms with van der Waals surface area (Å²) >= 11 is 0. The van der Waals surface area contributed by atoms with Gasteiger partial charge in [-0.15, -0.1) is 10.2 Å². The van der Waals surface area contributed by atoms with E-state index in [4.69, 9.17) is 0 Å². The van der Waals surface area contributed by atoms with Crippen LogP contribution in [0.3, 0.4) is 0 Å². The first kappa shape index (κ1) is 22.6. The molecule has 0 fully saturated rings. The molecule has 0 saturated heterocycles. The van der Waals surface area contributed by atoms with E-state index in [0.29, 0.717) is 0 Å². The van der Waals surface area contributed by atoms with E-state index in [1.165, 1.54) is 0 Å². The Labute approximate surface area is 138 Å². The number of H-pyrrole nitrogens is 1. The molecule has 0 aliphatic rings. The number of aromatic amines is 1. The molecule has 1 unspecified atom stereocenters. The molecule has 0 aromatic carbocycles. The van der Waals surface area contributed by atoms with E-state index in [-0.39, 0.29) is 0 Å². The van der Waals surface area contributed by atoms with E-state index >= 15 is 0 Å². The van der Waals surface area contributed by atoms with E-state index in [9.17, 15) is 56.7 Å².